The number of rotatable bonds is 1. The molecule has 0 aromatic heterocycles. The van der Waals surface area contributed by atoms with Gasteiger partial charge in [-0.15, -0.1) is 0 Å². The van der Waals surface area contributed by atoms with Crippen LogP contribution in [0.2, 0.25) is 0 Å². The zero-order valence-corrected chi connectivity index (χ0v) is 9.31. The lowest BCUT2D eigenvalue weighted by molar-refractivity contribution is 0.106. The fraction of sp³-hybridized carbons (Fsp3) is 0.200. The number of fused-ring (bicyclic) bond motifs is 3. The Balaban J connectivity index is 2.00. The summed E-state index contributed by atoms with van der Waals surface area (Å²) in [6.07, 6.45) is 2.24. The van der Waals surface area contributed by atoms with Crippen LogP contribution in [-0.2, 0) is 0 Å². The lowest BCUT2D eigenvalue weighted by Crippen LogP contribution is -2.11. The number of ketones is 1. The topological polar surface area (TPSA) is 29.4 Å². The second kappa shape index (κ2) is 3.04. The van der Waals surface area contributed by atoms with E-state index < -0.39 is 0 Å². The Morgan fingerprint density at radius 3 is 2.71 bits per heavy atom. The second-order valence-corrected chi connectivity index (χ2v) is 4.78. The van der Waals surface area contributed by atoms with Gasteiger partial charge in [-0.25, -0.2) is 4.99 Å². The van der Waals surface area contributed by atoms with Gasteiger partial charge in [-0.1, -0.05) is 30.3 Å². The number of hydrogen-bond donors (Lipinski definition) is 0. The molecule has 0 unspecified atom stereocenters. The molecule has 2 aromatic carbocycles. The number of carbonyl (C=O) groups excluding carboxylic acids is 1. The molecule has 1 heterocycles. The van der Waals surface area contributed by atoms with E-state index in [1.807, 2.05) is 36.4 Å². The molecule has 0 spiro atoms. The van der Waals surface area contributed by atoms with E-state index in [1.54, 1.807) is 0 Å². The quantitative estimate of drug-likeness (QED) is 0.724. The first-order chi connectivity index (χ1) is 8.34. The van der Waals surface area contributed by atoms with E-state index in [1.165, 1.54) is 0 Å². The first-order valence-corrected chi connectivity index (χ1v) is 5.99. The van der Waals surface area contributed by atoms with E-state index in [0.717, 1.165) is 40.6 Å². The number of aliphatic imine (C=N–C) groups is 1. The zero-order chi connectivity index (χ0) is 11.4. The molecule has 17 heavy (non-hydrogen) atoms. The van der Waals surface area contributed by atoms with E-state index in [9.17, 15) is 4.79 Å². The predicted octanol–water partition coefficient (Wildman–Crippen LogP) is 3.52. The summed E-state index contributed by atoms with van der Waals surface area (Å²) in [6.45, 7) is 0. The third kappa shape index (κ3) is 1.21. The van der Waals surface area contributed by atoms with Crippen LogP contribution in [0, 0.1) is 5.92 Å². The van der Waals surface area contributed by atoms with Crippen molar-refractivity contribution in [1.82, 2.24) is 0 Å². The molecule has 2 nitrogen and oxygen atoms in total. The Kier molecular flexibility index (Phi) is 1.63. The third-order valence-electron chi connectivity index (χ3n) is 3.57. The van der Waals surface area contributed by atoms with Crippen molar-refractivity contribution in [3.63, 3.8) is 0 Å². The van der Waals surface area contributed by atoms with Gasteiger partial charge in [-0.3, -0.25) is 4.79 Å². The molecule has 1 saturated carbocycles. The molecule has 0 radical (unpaired) electrons. The van der Waals surface area contributed by atoms with Gasteiger partial charge in [0.1, 0.15) is 0 Å². The number of Topliss-reactive ketones (excluding diaryl/α,β-unsaturated/α-hetero) is 1. The van der Waals surface area contributed by atoms with Crippen LogP contribution < -0.4 is 0 Å². The summed E-state index contributed by atoms with van der Waals surface area (Å²) in [5.74, 6) is 0.577. The molecule has 1 aliphatic heterocycles. The number of hydrogen-bond acceptors (Lipinski definition) is 2. The Labute approximate surface area is 99.0 Å². The van der Waals surface area contributed by atoms with Gasteiger partial charge in [0.25, 0.3) is 0 Å². The molecule has 2 aliphatic rings. The molecule has 2 heteroatoms. The van der Waals surface area contributed by atoms with Gasteiger partial charge in [-0.05, 0) is 29.7 Å². The molecule has 2 aromatic rings. The maximum Gasteiger partial charge on any atom is 0.210 e. The first kappa shape index (κ1) is 9.11. The van der Waals surface area contributed by atoms with Crippen molar-refractivity contribution < 1.29 is 4.79 Å². The minimum atomic E-state index is 0.152. The maximum atomic E-state index is 12.4. The molecule has 1 aliphatic carbocycles. The highest BCUT2D eigenvalue weighted by Gasteiger charge is 2.37. The van der Waals surface area contributed by atoms with Crippen molar-refractivity contribution >= 4 is 28.0 Å². The lowest BCUT2D eigenvalue weighted by atomic mass is 9.99. The summed E-state index contributed by atoms with van der Waals surface area (Å²) < 4.78 is 0. The number of nitrogens with zero attached hydrogens (tertiary/aromatic N) is 1. The Bertz CT molecular complexity index is 680. The van der Waals surface area contributed by atoms with Gasteiger partial charge in [0.15, 0.2) is 0 Å². The molecule has 82 valence electrons. The molecule has 0 bridgehead atoms. The monoisotopic (exact) mass is 221 g/mol. The number of carbonyl (C=O) groups is 1. The largest absolute Gasteiger partial charge is 0.287 e. The molecular weight excluding hydrogens is 210 g/mol. The van der Waals surface area contributed by atoms with Crippen LogP contribution in [0.15, 0.2) is 41.4 Å². The van der Waals surface area contributed by atoms with Gasteiger partial charge in [0.05, 0.1) is 17.0 Å². The summed E-state index contributed by atoms with van der Waals surface area (Å²) in [5.41, 5.74) is 2.46. The Morgan fingerprint density at radius 2 is 1.88 bits per heavy atom. The van der Waals surface area contributed by atoms with Crippen LogP contribution in [0.3, 0.4) is 0 Å². The fourth-order valence-electron chi connectivity index (χ4n) is 2.53. The molecule has 0 amide bonds. The minimum Gasteiger partial charge on any atom is -0.287 e. The Morgan fingerprint density at radius 1 is 1.06 bits per heavy atom. The van der Waals surface area contributed by atoms with Gasteiger partial charge in [0, 0.05) is 5.92 Å². The highest BCUT2D eigenvalue weighted by molar-refractivity contribution is 6.52. The summed E-state index contributed by atoms with van der Waals surface area (Å²) >= 11 is 0. The van der Waals surface area contributed by atoms with Crippen LogP contribution in [-0.4, -0.2) is 11.5 Å². The summed E-state index contributed by atoms with van der Waals surface area (Å²) in [4.78, 5) is 16.9. The smallest absolute Gasteiger partial charge is 0.210 e. The minimum absolute atomic E-state index is 0.152. The average molecular weight is 221 g/mol. The lowest BCUT2D eigenvalue weighted by Gasteiger charge is -2.02. The van der Waals surface area contributed by atoms with Gasteiger partial charge < -0.3 is 0 Å². The average Bonchev–Trinajstić information content (AvgIpc) is 3.14. The van der Waals surface area contributed by atoms with Gasteiger partial charge >= 0.3 is 0 Å². The summed E-state index contributed by atoms with van der Waals surface area (Å²) in [7, 11) is 0. The van der Waals surface area contributed by atoms with Crippen molar-refractivity contribution in [3.05, 3.63) is 42.0 Å². The van der Waals surface area contributed by atoms with Gasteiger partial charge in [0.2, 0.25) is 5.78 Å². The van der Waals surface area contributed by atoms with Crippen molar-refractivity contribution in [3.8, 4) is 0 Å². The van der Waals surface area contributed by atoms with Crippen LogP contribution in [0.1, 0.15) is 23.2 Å². The van der Waals surface area contributed by atoms with E-state index >= 15 is 0 Å². The second-order valence-electron chi connectivity index (χ2n) is 4.78. The molecule has 1 fully saturated rings. The van der Waals surface area contributed by atoms with Crippen molar-refractivity contribution in [1.29, 1.82) is 0 Å². The van der Waals surface area contributed by atoms with Crippen LogP contribution >= 0.6 is 0 Å². The van der Waals surface area contributed by atoms with Crippen molar-refractivity contribution in [2.45, 2.75) is 12.8 Å². The van der Waals surface area contributed by atoms with E-state index in [4.69, 9.17) is 0 Å². The first-order valence-electron chi connectivity index (χ1n) is 5.99. The molecule has 0 atom stereocenters. The van der Waals surface area contributed by atoms with Crippen LogP contribution in [0.4, 0.5) is 5.69 Å². The fourth-order valence-corrected chi connectivity index (χ4v) is 2.53. The highest BCUT2D eigenvalue weighted by atomic mass is 16.1. The van der Waals surface area contributed by atoms with Crippen LogP contribution in [0.5, 0.6) is 0 Å². The summed E-state index contributed by atoms with van der Waals surface area (Å²) in [5, 5.41) is 2.15. The zero-order valence-electron chi connectivity index (χ0n) is 9.31. The Hall–Kier alpha value is -1.96. The standard InChI is InChI=1S/C15H11NO/c17-15-13-11-4-2-1-3-9(11)7-8-12(13)16-14(15)10-5-6-10/h1-4,7-8,10H,5-6H2. The van der Waals surface area contributed by atoms with Crippen molar-refractivity contribution in [2.24, 2.45) is 10.9 Å². The van der Waals surface area contributed by atoms with E-state index in [0.29, 0.717) is 5.92 Å². The third-order valence-corrected chi connectivity index (χ3v) is 3.57. The number of benzene rings is 2. The molecule has 0 N–H and O–H groups in total. The van der Waals surface area contributed by atoms with Gasteiger partial charge in [-0.2, -0.15) is 0 Å². The van der Waals surface area contributed by atoms with Crippen LogP contribution in [0.25, 0.3) is 10.8 Å². The highest BCUT2D eigenvalue weighted by Crippen LogP contribution is 2.40. The SMILES string of the molecule is O=C1C(C2CC2)=Nc2ccc3ccccc3c21. The van der Waals surface area contributed by atoms with E-state index in [2.05, 4.69) is 4.99 Å². The molecular formula is C15H11NO. The van der Waals surface area contributed by atoms with Crippen molar-refractivity contribution in [2.75, 3.05) is 0 Å². The predicted molar refractivity (Wildman–Crippen MR) is 68.1 cm³/mol. The maximum absolute atomic E-state index is 12.4. The van der Waals surface area contributed by atoms with E-state index in [-0.39, 0.29) is 5.78 Å². The summed E-state index contributed by atoms with van der Waals surface area (Å²) in [6, 6.07) is 12.0. The normalized spacial score (nSPS) is 18.4. The molecule has 0 saturated heterocycles. The molecule has 4 rings (SSSR count).